The molecule has 1 saturated carbocycles. The summed E-state index contributed by atoms with van der Waals surface area (Å²) in [7, 11) is 0. The number of nitrogens with zero attached hydrogens (tertiary/aromatic N) is 1. The summed E-state index contributed by atoms with van der Waals surface area (Å²) in [4.78, 5) is 15.2. The molecular weight excluding hydrogens is 416 g/mol. The molecule has 0 atom stereocenters. The molecule has 0 aromatic heterocycles. The highest BCUT2D eigenvalue weighted by Crippen LogP contribution is 2.48. The number of hydrogen-bond acceptors (Lipinski definition) is 3. The normalized spacial score (nSPS) is 19.4. The number of rotatable bonds is 6. The van der Waals surface area contributed by atoms with Crippen LogP contribution in [-0.2, 0) is 23.3 Å². The standard InChI is InChI=1S/C23H27BrN2O2/c24-20-7-5-19(6-8-20)23(11-12-23)22(28)25-15-17-1-3-18(4-2-17)16-26-13-9-21(27)10-14-26/h1-8,21,27H,9-16H2,(H,25,28). The summed E-state index contributed by atoms with van der Waals surface area (Å²) in [5, 5.41) is 12.7. The van der Waals surface area contributed by atoms with Crippen molar-refractivity contribution in [1.82, 2.24) is 10.2 Å². The van der Waals surface area contributed by atoms with Crippen LogP contribution in [0.5, 0.6) is 0 Å². The molecule has 1 heterocycles. The van der Waals surface area contributed by atoms with Gasteiger partial charge in [0.1, 0.15) is 0 Å². The lowest BCUT2D eigenvalue weighted by Crippen LogP contribution is -2.35. The Bertz CT molecular complexity index is 808. The number of nitrogens with one attached hydrogen (secondary N) is 1. The molecule has 0 radical (unpaired) electrons. The fourth-order valence-electron chi connectivity index (χ4n) is 3.99. The Balaban J connectivity index is 1.30. The smallest absolute Gasteiger partial charge is 0.230 e. The Hall–Kier alpha value is -1.69. The number of hydrogen-bond donors (Lipinski definition) is 2. The summed E-state index contributed by atoms with van der Waals surface area (Å²) in [6, 6.07) is 16.6. The molecule has 1 aliphatic heterocycles. The number of benzene rings is 2. The Labute approximate surface area is 175 Å². The molecule has 4 nitrogen and oxygen atoms in total. The number of likely N-dealkylation sites (tertiary alicyclic amines) is 1. The molecule has 2 aromatic rings. The van der Waals surface area contributed by atoms with Crippen LogP contribution in [0.1, 0.15) is 42.4 Å². The third kappa shape index (κ3) is 4.48. The lowest BCUT2D eigenvalue weighted by molar-refractivity contribution is -0.123. The molecule has 4 rings (SSSR count). The first-order valence-corrected chi connectivity index (χ1v) is 10.9. The SMILES string of the molecule is O=C(NCc1ccc(CN2CCC(O)CC2)cc1)C1(c2ccc(Br)cc2)CC1. The Kier molecular flexibility index (Phi) is 5.85. The summed E-state index contributed by atoms with van der Waals surface area (Å²) in [6.07, 6.45) is 3.44. The maximum atomic E-state index is 12.8. The van der Waals surface area contributed by atoms with Gasteiger partial charge >= 0.3 is 0 Å². The number of aliphatic hydroxyl groups excluding tert-OH is 1. The van der Waals surface area contributed by atoms with Crippen molar-refractivity contribution in [3.63, 3.8) is 0 Å². The van der Waals surface area contributed by atoms with Crippen molar-refractivity contribution < 1.29 is 9.90 Å². The zero-order valence-corrected chi connectivity index (χ0v) is 17.6. The second-order valence-corrected chi connectivity index (χ2v) is 9.01. The van der Waals surface area contributed by atoms with Crippen molar-refractivity contribution in [3.05, 3.63) is 69.7 Å². The summed E-state index contributed by atoms with van der Waals surface area (Å²) < 4.78 is 1.04. The van der Waals surface area contributed by atoms with E-state index in [4.69, 9.17) is 0 Å². The lowest BCUT2D eigenvalue weighted by atomic mass is 9.95. The van der Waals surface area contributed by atoms with Crippen molar-refractivity contribution >= 4 is 21.8 Å². The van der Waals surface area contributed by atoms with E-state index in [2.05, 4.69) is 50.4 Å². The van der Waals surface area contributed by atoms with Crippen LogP contribution in [0.2, 0.25) is 0 Å². The van der Waals surface area contributed by atoms with E-state index in [1.54, 1.807) is 0 Å². The molecular formula is C23H27BrN2O2. The molecule has 5 heteroatoms. The largest absolute Gasteiger partial charge is 0.393 e. The molecule has 0 unspecified atom stereocenters. The summed E-state index contributed by atoms with van der Waals surface area (Å²) in [6.45, 7) is 3.40. The van der Waals surface area contributed by atoms with Crippen LogP contribution >= 0.6 is 15.9 Å². The van der Waals surface area contributed by atoms with Gasteiger partial charge in [-0.3, -0.25) is 9.69 Å². The highest BCUT2D eigenvalue weighted by atomic mass is 79.9. The van der Waals surface area contributed by atoms with E-state index in [1.165, 1.54) is 5.56 Å². The first-order chi connectivity index (χ1) is 13.5. The van der Waals surface area contributed by atoms with Gasteiger partial charge in [-0.2, -0.15) is 0 Å². The average Bonchev–Trinajstić information content (AvgIpc) is 3.51. The maximum Gasteiger partial charge on any atom is 0.230 e. The fourth-order valence-corrected chi connectivity index (χ4v) is 4.25. The minimum Gasteiger partial charge on any atom is -0.393 e. The number of aliphatic hydroxyl groups is 1. The van der Waals surface area contributed by atoms with Gasteiger partial charge in [-0.1, -0.05) is 52.3 Å². The molecule has 2 fully saturated rings. The molecule has 1 saturated heterocycles. The second-order valence-electron chi connectivity index (χ2n) is 8.10. The van der Waals surface area contributed by atoms with Crippen LogP contribution in [0, 0.1) is 0 Å². The van der Waals surface area contributed by atoms with Crippen molar-refractivity contribution in [2.45, 2.75) is 50.3 Å². The average molecular weight is 443 g/mol. The van der Waals surface area contributed by atoms with E-state index in [0.29, 0.717) is 6.54 Å². The van der Waals surface area contributed by atoms with Crippen LogP contribution in [0.25, 0.3) is 0 Å². The minimum atomic E-state index is -0.334. The van der Waals surface area contributed by atoms with Crippen LogP contribution < -0.4 is 5.32 Å². The van der Waals surface area contributed by atoms with Gasteiger partial charge < -0.3 is 10.4 Å². The zero-order chi connectivity index (χ0) is 19.6. The Morgan fingerprint density at radius 3 is 2.25 bits per heavy atom. The Morgan fingerprint density at radius 1 is 1.04 bits per heavy atom. The highest BCUT2D eigenvalue weighted by Gasteiger charge is 2.50. The molecule has 2 aromatic carbocycles. The summed E-state index contributed by atoms with van der Waals surface area (Å²) in [5.41, 5.74) is 3.17. The molecule has 2 N–H and O–H groups in total. The third-order valence-electron chi connectivity index (χ3n) is 6.02. The van der Waals surface area contributed by atoms with E-state index >= 15 is 0 Å². The van der Waals surface area contributed by atoms with Crippen molar-refractivity contribution in [3.8, 4) is 0 Å². The van der Waals surface area contributed by atoms with Crippen LogP contribution in [0.4, 0.5) is 0 Å². The predicted octanol–water partition coefficient (Wildman–Crippen LogP) is 3.75. The molecule has 148 valence electrons. The summed E-state index contributed by atoms with van der Waals surface area (Å²) >= 11 is 3.46. The number of halogens is 1. The molecule has 1 amide bonds. The number of piperidine rings is 1. The molecule has 0 bridgehead atoms. The Morgan fingerprint density at radius 2 is 1.64 bits per heavy atom. The third-order valence-corrected chi connectivity index (χ3v) is 6.55. The highest BCUT2D eigenvalue weighted by molar-refractivity contribution is 9.10. The van der Waals surface area contributed by atoms with Crippen LogP contribution in [0.3, 0.4) is 0 Å². The van der Waals surface area contributed by atoms with Gasteiger partial charge in [-0.05, 0) is 54.5 Å². The number of carbonyl (C=O) groups is 1. The summed E-state index contributed by atoms with van der Waals surface area (Å²) in [5.74, 6) is 0.130. The molecule has 2 aliphatic rings. The van der Waals surface area contributed by atoms with E-state index in [9.17, 15) is 9.90 Å². The molecule has 0 spiro atoms. The molecule has 1 aliphatic carbocycles. The quantitative estimate of drug-likeness (QED) is 0.715. The van der Waals surface area contributed by atoms with E-state index < -0.39 is 0 Å². The topological polar surface area (TPSA) is 52.6 Å². The molecule has 28 heavy (non-hydrogen) atoms. The van der Waals surface area contributed by atoms with Gasteiger partial charge in [0, 0.05) is 30.7 Å². The van der Waals surface area contributed by atoms with E-state index in [1.807, 2.05) is 24.3 Å². The van der Waals surface area contributed by atoms with Gasteiger partial charge in [0.05, 0.1) is 11.5 Å². The monoisotopic (exact) mass is 442 g/mol. The first kappa shape index (κ1) is 19.6. The fraction of sp³-hybridized carbons (Fsp3) is 0.435. The van der Waals surface area contributed by atoms with E-state index in [0.717, 1.165) is 60.9 Å². The van der Waals surface area contributed by atoms with Gasteiger partial charge in [0.15, 0.2) is 0 Å². The van der Waals surface area contributed by atoms with Crippen LogP contribution in [0.15, 0.2) is 53.0 Å². The van der Waals surface area contributed by atoms with Crippen molar-refractivity contribution in [2.24, 2.45) is 0 Å². The van der Waals surface area contributed by atoms with Gasteiger partial charge in [-0.25, -0.2) is 0 Å². The van der Waals surface area contributed by atoms with Gasteiger partial charge in [0.25, 0.3) is 0 Å². The second kappa shape index (κ2) is 8.36. The lowest BCUT2D eigenvalue weighted by Gasteiger charge is -2.29. The van der Waals surface area contributed by atoms with Gasteiger partial charge in [0.2, 0.25) is 5.91 Å². The van der Waals surface area contributed by atoms with Crippen LogP contribution in [-0.4, -0.2) is 35.1 Å². The van der Waals surface area contributed by atoms with Gasteiger partial charge in [-0.15, -0.1) is 0 Å². The zero-order valence-electron chi connectivity index (χ0n) is 16.0. The first-order valence-electron chi connectivity index (χ1n) is 10.1. The minimum absolute atomic E-state index is 0.130. The number of amides is 1. The predicted molar refractivity (Wildman–Crippen MR) is 114 cm³/mol. The van der Waals surface area contributed by atoms with E-state index in [-0.39, 0.29) is 17.4 Å². The van der Waals surface area contributed by atoms with Crippen molar-refractivity contribution in [2.75, 3.05) is 13.1 Å². The number of carbonyl (C=O) groups excluding carboxylic acids is 1. The van der Waals surface area contributed by atoms with Crippen molar-refractivity contribution in [1.29, 1.82) is 0 Å². The maximum absolute atomic E-state index is 12.8.